The lowest BCUT2D eigenvalue weighted by molar-refractivity contribution is -0.733. The van der Waals surface area contributed by atoms with E-state index in [0.717, 1.165) is 0 Å². The maximum absolute atomic E-state index is 5.88. The molecule has 0 aliphatic heterocycles. The summed E-state index contributed by atoms with van der Waals surface area (Å²) in [6, 6.07) is 10.2. The van der Waals surface area contributed by atoms with E-state index in [4.69, 9.17) is 9.47 Å². The van der Waals surface area contributed by atoms with E-state index in [1.165, 1.54) is 31.2 Å². The van der Waals surface area contributed by atoms with Gasteiger partial charge in [-0.05, 0) is 18.4 Å². The van der Waals surface area contributed by atoms with Gasteiger partial charge in [-0.3, -0.25) is 0 Å². The van der Waals surface area contributed by atoms with Crippen LogP contribution in [0.25, 0.3) is 0 Å². The van der Waals surface area contributed by atoms with Gasteiger partial charge in [0.25, 0.3) is 0 Å². The van der Waals surface area contributed by atoms with Crippen molar-refractivity contribution >= 4 is 0 Å². The van der Waals surface area contributed by atoms with Gasteiger partial charge in [0.15, 0.2) is 13.5 Å². The van der Waals surface area contributed by atoms with Crippen LogP contribution < -0.4 is 4.57 Å². The molecule has 0 unspecified atom stereocenters. The fourth-order valence-corrected chi connectivity index (χ4v) is 2.68. The second-order valence-electron chi connectivity index (χ2n) is 5.61. The Bertz CT molecular complexity index is 533. The fraction of sp³-hybridized carbons (Fsp3) is 0.471. The van der Waals surface area contributed by atoms with Gasteiger partial charge in [-0.2, -0.15) is 0 Å². The predicted molar refractivity (Wildman–Crippen MR) is 79.2 cm³/mol. The molecule has 3 rings (SSSR count). The molecule has 1 saturated carbocycles. The second kappa shape index (κ2) is 7.38. The van der Waals surface area contributed by atoms with Gasteiger partial charge in [-0.25, -0.2) is 9.13 Å². The van der Waals surface area contributed by atoms with Crippen LogP contribution >= 0.6 is 0 Å². The van der Waals surface area contributed by atoms with Gasteiger partial charge < -0.3 is 9.47 Å². The van der Waals surface area contributed by atoms with Crippen LogP contribution in [0.4, 0.5) is 0 Å². The van der Waals surface area contributed by atoms with Crippen LogP contribution in [0.5, 0.6) is 0 Å². The van der Waals surface area contributed by atoms with Crippen LogP contribution in [0.1, 0.15) is 31.2 Å². The van der Waals surface area contributed by atoms with Crippen LogP contribution in [0, 0.1) is 0 Å². The Morgan fingerprint density at radius 2 is 1.95 bits per heavy atom. The summed E-state index contributed by atoms with van der Waals surface area (Å²) in [6.07, 6.45) is 11.6. The molecular weight excluding hydrogens is 264 g/mol. The Morgan fingerprint density at radius 3 is 2.76 bits per heavy atom. The van der Waals surface area contributed by atoms with Crippen molar-refractivity contribution in [2.75, 3.05) is 0 Å². The van der Waals surface area contributed by atoms with Crippen molar-refractivity contribution in [1.82, 2.24) is 4.57 Å². The Kier molecular flexibility index (Phi) is 5.03. The number of hydrogen-bond acceptors (Lipinski definition) is 2. The first kappa shape index (κ1) is 14.3. The van der Waals surface area contributed by atoms with Crippen molar-refractivity contribution in [2.24, 2.45) is 0 Å². The van der Waals surface area contributed by atoms with Crippen LogP contribution in [-0.4, -0.2) is 10.7 Å². The standard InChI is InChI=1S/C17H23N2O2/c1-2-6-16(7-3-1)12-20-14-18-10-11-19(13-18)15-21-17-8-4-5-9-17/h1-3,6-7,10-11,13,17H,4-5,8-9,12,14-15H2/q+1. The van der Waals surface area contributed by atoms with Gasteiger partial charge in [-0.1, -0.05) is 43.2 Å². The lowest BCUT2D eigenvalue weighted by Gasteiger charge is -2.07. The van der Waals surface area contributed by atoms with Gasteiger partial charge >= 0.3 is 0 Å². The average molecular weight is 287 g/mol. The molecule has 1 aromatic carbocycles. The normalized spacial score (nSPS) is 15.6. The molecule has 4 nitrogen and oxygen atoms in total. The molecule has 0 saturated heterocycles. The van der Waals surface area contributed by atoms with Crippen molar-refractivity contribution < 1.29 is 14.0 Å². The summed E-state index contributed by atoms with van der Waals surface area (Å²) in [6.45, 7) is 1.83. The van der Waals surface area contributed by atoms with E-state index < -0.39 is 0 Å². The van der Waals surface area contributed by atoms with E-state index in [9.17, 15) is 0 Å². The van der Waals surface area contributed by atoms with Gasteiger partial charge in [0.1, 0.15) is 12.4 Å². The first-order valence-corrected chi connectivity index (χ1v) is 7.68. The maximum Gasteiger partial charge on any atom is 0.247 e. The van der Waals surface area contributed by atoms with E-state index in [-0.39, 0.29) is 0 Å². The van der Waals surface area contributed by atoms with Crippen LogP contribution in [-0.2, 0) is 29.5 Å². The van der Waals surface area contributed by atoms with E-state index in [2.05, 4.69) is 16.7 Å². The molecule has 1 aliphatic rings. The fourth-order valence-electron chi connectivity index (χ4n) is 2.68. The summed E-state index contributed by atoms with van der Waals surface area (Å²) in [4.78, 5) is 0. The van der Waals surface area contributed by atoms with Crippen molar-refractivity contribution in [3.63, 3.8) is 0 Å². The highest BCUT2D eigenvalue weighted by Gasteiger charge is 2.16. The maximum atomic E-state index is 5.88. The molecule has 1 aromatic heterocycles. The quantitative estimate of drug-likeness (QED) is 0.732. The molecular formula is C17H23N2O2+. The third-order valence-corrected chi connectivity index (χ3v) is 3.86. The van der Waals surface area contributed by atoms with Gasteiger partial charge in [0, 0.05) is 0 Å². The van der Waals surface area contributed by atoms with Gasteiger partial charge in [-0.15, -0.1) is 0 Å². The predicted octanol–water partition coefficient (Wildman–Crippen LogP) is 2.87. The zero-order valence-corrected chi connectivity index (χ0v) is 12.4. The number of ether oxygens (including phenoxy) is 2. The van der Waals surface area contributed by atoms with E-state index >= 15 is 0 Å². The monoisotopic (exact) mass is 287 g/mol. The SMILES string of the molecule is c1ccc(COC[n+]2ccn(COC3CCCC3)c2)cc1. The Labute approximate surface area is 125 Å². The number of nitrogens with zero attached hydrogens (tertiary/aromatic N) is 2. The molecule has 1 fully saturated rings. The van der Waals surface area contributed by atoms with Gasteiger partial charge in [0.05, 0.1) is 12.7 Å². The summed E-state index contributed by atoms with van der Waals surface area (Å²) < 4.78 is 15.7. The molecule has 0 amide bonds. The molecule has 21 heavy (non-hydrogen) atoms. The second-order valence-corrected chi connectivity index (χ2v) is 5.61. The molecule has 4 heteroatoms. The summed E-state index contributed by atoms with van der Waals surface area (Å²) in [5, 5.41) is 0. The van der Waals surface area contributed by atoms with Crippen molar-refractivity contribution in [3.05, 3.63) is 54.6 Å². The molecule has 0 radical (unpaired) electrons. The van der Waals surface area contributed by atoms with E-state index in [0.29, 0.717) is 26.2 Å². The highest BCUT2D eigenvalue weighted by Crippen LogP contribution is 2.21. The minimum Gasteiger partial charge on any atom is -0.338 e. The Hall–Kier alpha value is -1.65. The van der Waals surface area contributed by atoms with E-state index in [1.807, 2.05) is 41.5 Å². The average Bonchev–Trinajstić information content (AvgIpc) is 3.18. The molecule has 0 N–H and O–H groups in total. The first-order valence-electron chi connectivity index (χ1n) is 7.68. The molecule has 1 aliphatic carbocycles. The summed E-state index contributed by atoms with van der Waals surface area (Å²) in [7, 11) is 0. The van der Waals surface area contributed by atoms with Crippen molar-refractivity contribution in [2.45, 2.75) is 51.9 Å². The minimum atomic E-state index is 0.454. The summed E-state index contributed by atoms with van der Waals surface area (Å²) >= 11 is 0. The number of rotatable bonds is 7. The minimum absolute atomic E-state index is 0.454. The number of benzene rings is 1. The van der Waals surface area contributed by atoms with Crippen LogP contribution in [0.15, 0.2) is 49.1 Å². The zero-order valence-electron chi connectivity index (χ0n) is 12.4. The van der Waals surface area contributed by atoms with Crippen LogP contribution in [0.2, 0.25) is 0 Å². The van der Waals surface area contributed by atoms with Crippen molar-refractivity contribution in [1.29, 1.82) is 0 Å². The first-order chi connectivity index (χ1) is 10.4. The molecule has 0 atom stereocenters. The Balaban J connectivity index is 1.40. The number of imidazole rings is 1. The highest BCUT2D eigenvalue weighted by atomic mass is 16.5. The molecule has 2 aromatic rings. The number of aromatic nitrogens is 2. The summed E-state index contributed by atoms with van der Waals surface area (Å²) in [5.41, 5.74) is 1.20. The smallest absolute Gasteiger partial charge is 0.247 e. The topological polar surface area (TPSA) is 27.3 Å². The lowest BCUT2D eigenvalue weighted by Crippen LogP contribution is -2.32. The third kappa shape index (κ3) is 4.41. The largest absolute Gasteiger partial charge is 0.338 e. The lowest BCUT2D eigenvalue weighted by atomic mass is 10.2. The molecule has 112 valence electrons. The van der Waals surface area contributed by atoms with E-state index in [1.54, 1.807) is 0 Å². The van der Waals surface area contributed by atoms with Gasteiger partial charge in [0.2, 0.25) is 6.33 Å². The van der Waals surface area contributed by atoms with Crippen molar-refractivity contribution in [3.8, 4) is 0 Å². The third-order valence-electron chi connectivity index (χ3n) is 3.86. The molecule has 0 spiro atoms. The highest BCUT2D eigenvalue weighted by molar-refractivity contribution is 5.13. The Morgan fingerprint density at radius 1 is 1.14 bits per heavy atom. The summed E-state index contributed by atoms with van der Waals surface area (Å²) in [5.74, 6) is 0. The number of hydrogen-bond donors (Lipinski definition) is 0. The molecule has 1 heterocycles. The zero-order chi connectivity index (χ0) is 14.3. The molecule has 0 bridgehead atoms. The van der Waals surface area contributed by atoms with Crippen LogP contribution in [0.3, 0.4) is 0 Å².